The Morgan fingerprint density at radius 3 is 2.19 bits per heavy atom. The molecule has 132 valence electrons. The number of hydrogen-bond donors (Lipinski definition) is 3. The average Bonchev–Trinajstić information content (AvgIpc) is 3.14. The Bertz CT molecular complexity index is 954. The van der Waals surface area contributed by atoms with E-state index in [0.29, 0.717) is 20.7 Å². The largest absolute Gasteiger partial charge is 0.506 e. The summed E-state index contributed by atoms with van der Waals surface area (Å²) in [6.45, 7) is 1.84. The summed E-state index contributed by atoms with van der Waals surface area (Å²) in [5, 5.41) is 17.4. The summed E-state index contributed by atoms with van der Waals surface area (Å²) in [6, 6.07) is 13.7. The van der Waals surface area contributed by atoms with E-state index >= 15 is 0 Å². The van der Waals surface area contributed by atoms with Crippen LogP contribution in [0.2, 0.25) is 0 Å². The highest BCUT2D eigenvalue weighted by Gasteiger charge is 2.15. The number of hydrogen-bond acceptors (Lipinski definition) is 4. The zero-order valence-electron chi connectivity index (χ0n) is 13.7. The van der Waals surface area contributed by atoms with Gasteiger partial charge in [-0.3, -0.25) is 9.59 Å². The SMILES string of the molecule is Cc1cc(Br)c(O)c(C(=O)Nc2ccc(NC(=O)c3cccs3)cc2)c1. The molecule has 0 saturated carbocycles. The number of aryl methyl sites for hydroxylation is 1. The zero-order valence-corrected chi connectivity index (χ0v) is 16.1. The van der Waals surface area contributed by atoms with Gasteiger partial charge in [-0.25, -0.2) is 0 Å². The number of carbonyl (C=O) groups excluding carboxylic acids is 2. The monoisotopic (exact) mass is 430 g/mol. The van der Waals surface area contributed by atoms with Crippen molar-refractivity contribution in [3.05, 3.63) is 74.4 Å². The van der Waals surface area contributed by atoms with Crippen LogP contribution in [-0.4, -0.2) is 16.9 Å². The van der Waals surface area contributed by atoms with Crippen LogP contribution < -0.4 is 10.6 Å². The van der Waals surface area contributed by atoms with E-state index in [-0.39, 0.29) is 17.2 Å². The number of amides is 2. The van der Waals surface area contributed by atoms with E-state index in [2.05, 4.69) is 26.6 Å². The number of halogens is 1. The van der Waals surface area contributed by atoms with Gasteiger partial charge in [0.1, 0.15) is 5.75 Å². The Balaban J connectivity index is 1.69. The fourth-order valence-electron chi connectivity index (χ4n) is 2.34. The molecule has 0 aliphatic heterocycles. The third-order valence-electron chi connectivity index (χ3n) is 3.60. The Labute approximate surface area is 162 Å². The van der Waals surface area contributed by atoms with Gasteiger partial charge in [-0.2, -0.15) is 0 Å². The van der Waals surface area contributed by atoms with E-state index in [1.165, 1.54) is 11.3 Å². The molecule has 3 aromatic rings. The first kappa shape index (κ1) is 18.2. The van der Waals surface area contributed by atoms with Crippen molar-refractivity contribution >= 4 is 50.5 Å². The Morgan fingerprint density at radius 1 is 1.00 bits per heavy atom. The minimum Gasteiger partial charge on any atom is -0.506 e. The number of phenolic OH excluding ortho intramolecular Hbond substituents is 1. The van der Waals surface area contributed by atoms with Crippen LogP contribution in [0.25, 0.3) is 0 Å². The maximum atomic E-state index is 12.4. The quantitative estimate of drug-likeness (QED) is 0.542. The number of carbonyl (C=O) groups is 2. The number of benzene rings is 2. The Morgan fingerprint density at radius 2 is 1.62 bits per heavy atom. The fourth-order valence-corrected chi connectivity index (χ4v) is 3.54. The summed E-state index contributed by atoms with van der Waals surface area (Å²) in [5.74, 6) is -0.693. The molecule has 0 aliphatic rings. The van der Waals surface area contributed by atoms with Gasteiger partial charge in [-0.1, -0.05) is 6.07 Å². The molecule has 0 spiro atoms. The molecule has 7 heteroatoms. The van der Waals surface area contributed by atoms with E-state index < -0.39 is 5.91 Å². The maximum Gasteiger partial charge on any atom is 0.265 e. The van der Waals surface area contributed by atoms with Gasteiger partial charge in [0.05, 0.1) is 14.9 Å². The molecule has 1 aromatic heterocycles. The molecule has 2 aromatic carbocycles. The standard InChI is InChI=1S/C19H15BrN2O3S/c1-11-9-14(17(23)15(20)10-11)18(24)21-12-4-6-13(7-5-12)22-19(25)16-3-2-8-26-16/h2-10,23H,1H3,(H,21,24)(H,22,25). The smallest absolute Gasteiger partial charge is 0.265 e. The molecule has 5 nitrogen and oxygen atoms in total. The van der Waals surface area contributed by atoms with Crippen molar-refractivity contribution in [2.75, 3.05) is 10.6 Å². The van der Waals surface area contributed by atoms with Crippen LogP contribution in [0.4, 0.5) is 11.4 Å². The molecule has 0 radical (unpaired) electrons. The molecule has 0 bridgehead atoms. The van der Waals surface area contributed by atoms with Crippen molar-refractivity contribution in [1.29, 1.82) is 0 Å². The summed E-state index contributed by atoms with van der Waals surface area (Å²) in [5.41, 5.74) is 2.22. The minimum absolute atomic E-state index is 0.104. The lowest BCUT2D eigenvalue weighted by molar-refractivity contribution is 0.101. The molecule has 0 atom stereocenters. The lowest BCUT2D eigenvalue weighted by Gasteiger charge is -2.10. The summed E-state index contributed by atoms with van der Waals surface area (Å²) in [7, 11) is 0. The lowest BCUT2D eigenvalue weighted by atomic mass is 10.1. The topological polar surface area (TPSA) is 78.4 Å². The van der Waals surface area contributed by atoms with E-state index in [9.17, 15) is 14.7 Å². The van der Waals surface area contributed by atoms with Crippen molar-refractivity contribution in [3.8, 4) is 5.75 Å². The summed E-state index contributed by atoms with van der Waals surface area (Å²) < 4.78 is 0.467. The van der Waals surface area contributed by atoms with Gasteiger partial charge in [-0.15, -0.1) is 11.3 Å². The minimum atomic E-state index is -0.415. The van der Waals surface area contributed by atoms with E-state index in [1.54, 1.807) is 42.5 Å². The highest BCUT2D eigenvalue weighted by Crippen LogP contribution is 2.30. The van der Waals surface area contributed by atoms with Crippen molar-refractivity contribution in [1.82, 2.24) is 0 Å². The average molecular weight is 431 g/mol. The maximum absolute atomic E-state index is 12.4. The fraction of sp³-hybridized carbons (Fsp3) is 0.0526. The number of anilines is 2. The molecule has 26 heavy (non-hydrogen) atoms. The Kier molecular flexibility index (Phi) is 5.39. The first-order chi connectivity index (χ1) is 12.4. The van der Waals surface area contributed by atoms with Crippen molar-refractivity contribution in [3.63, 3.8) is 0 Å². The molecule has 3 rings (SSSR count). The van der Waals surface area contributed by atoms with Gasteiger partial charge in [0.25, 0.3) is 11.8 Å². The third-order valence-corrected chi connectivity index (χ3v) is 5.07. The van der Waals surface area contributed by atoms with E-state index in [1.807, 2.05) is 18.4 Å². The Hall–Kier alpha value is -2.64. The number of aromatic hydroxyl groups is 1. The second-order valence-corrected chi connectivity index (χ2v) is 7.41. The van der Waals surface area contributed by atoms with Gasteiger partial charge >= 0.3 is 0 Å². The predicted molar refractivity (Wildman–Crippen MR) is 107 cm³/mol. The van der Waals surface area contributed by atoms with Crippen molar-refractivity contribution < 1.29 is 14.7 Å². The molecule has 1 heterocycles. The molecular weight excluding hydrogens is 416 g/mol. The van der Waals surface area contributed by atoms with E-state index in [4.69, 9.17) is 0 Å². The van der Waals surface area contributed by atoms with Crippen LogP contribution in [-0.2, 0) is 0 Å². The van der Waals surface area contributed by atoms with Crippen LogP contribution in [0.3, 0.4) is 0 Å². The third kappa shape index (κ3) is 4.12. The summed E-state index contributed by atoms with van der Waals surface area (Å²) in [6.07, 6.45) is 0. The van der Waals surface area contributed by atoms with Crippen molar-refractivity contribution in [2.45, 2.75) is 6.92 Å². The van der Waals surface area contributed by atoms with Gasteiger partial charge in [-0.05, 0) is 76.3 Å². The number of rotatable bonds is 4. The molecule has 3 N–H and O–H groups in total. The second kappa shape index (κ2) is 7.72. The van der Waals surface area contributed by atoms with Crippen molar-refractivity contribution in [2.24, 2.45) is 0 Å². The molecule has 0 unspecified atom stereocenters. The highest BCUT2D eigenvalue weighted by atomic mass is 79.9. The molecule has 2 amide bonds. The highest BCUT2D eigenvalue weighted by molar-refractivity contribution is 9.10. The number of thiophene rings is 1. The van der Waals surface area contributed by atoms with Gasteiger partial charge < -0.3 is 15.7 Å². The zero-order chi connectivity index (χ0) is 18.7. The number of phenols is 1. The van der Waals surface area contributed by atoms with Crippen LogP contribution >= 0.6 is 27.3 Å². The van der Waals surface area contributed by atoms with Gasteiger partial charge in [0, 0.05) is 11.4 Å². The summed E-state index contributed by atoms with van der Waals surface area (Å²) >= 11 is 4.60. The number of nitrogens with one attached hydrogen (secondary N) is 2. The van der Waals surface area contributed by atoms with Crippen LogP contribution in [0.5, 0.6) is 5.75 Å². The second-order valence-electron chi connectivity index (χ2n) is 5.61. The van der Waals surface area contributed by atoms with Gasteiger partial charge in [0.15, 0.2) is 0 Å². The molecule has 0 saturated heterocycles. The van der Waals surface area contributed by atoms with Gasteiger partial charge in [0.2, 0.25) is 0 Å². The predicted octanol–water partition coefficient (Wildman–Crippen LogP) is 5.03. The molecule has 0 fully saturated rings. The molecular formula is C19H15BrN2O3S. The lowest BCUT2D eigenvalue weighted by Crippen LogP contribution is -2.13. The first-order valence-corrected chi connectivity index (χ1v) is 9.36. The summed E-state index contributed by atoms with van der Waals surface area (Å²) in [4.78, 5) is 25.0. The normalized spacial score (nSPS) is 10.4. The van der Waals surface area contributed by atoms with Crippen LogP contribution in [0.15, 0.2) is 58.4 Å². The van der Waals surface area contributed by atoms with Crippen LogP contribution in [0.1, 0.15) is 25.6 Å². The first-order valence-electron chi connectivity index (χ1n) is 7.69. The van der Waals surface area contributed by atoms with E-state index in [0.717, 1.165) is 5.56 Å². The molecule has 0 aliphatic carbocycles. The van der Waals surface area contributed by atoms with Crippen LogP contribution in [0, 0.1) is 6.92 Å².